The predicted octanol–water partition coefficient (Wildman–Crippen LogP) is 2.79. The van der Waals surface area contributed by atoms with Crippen LogP contribution in [0, 0.1) is 17.0 Å². The topological polar surface area (TPSA) is 103 Å². The van der Waals surface area contributed by atoms with Crippen LogP contribution in [0.2, 0.25) is 0 Å². The average Bonchev–Trinajstić information content (AvgIpc) is 2.38. The molecule has 2 aromatic rings. The van der Waals surface area contributed by atoms with E-state index in [1.165, 1.54) is 36.7 Å². The smallest absolute Gasteiger partial charge is 0.341 e. The maximum absolute atomic E-state index is 11.0. The Morgan fingerprint density at radius 3 is 2.75 bits per heavy atom. The van der Waals surface area contributed by atoms with Crippen molar-refractivity contribution in [3.8, 4) is 11.5 Å². The Hall–Kier alpha value is -2.96. The Balaban J connectivity index is 2.34. The van der Waals surface area contributed by atoms with Gasteiger partial charge in [0.25, 0.3) is 5.69 Å². The zero-order valence-corrected chi connectivity index (χ0v) is 10.4. The van der Waals surface area contributed by atoms with Gasteiger partial charge in [-0.1, -0.05) is 0 Å². The zero-order chi connectivity index (χ0) is 14.7. The summed E-state index contributed by atoms with van der Waals surface area (Å²) < 4.78 is 5.44. The van der Waals surface area contributed by atoms with Crippen molar-refractivity contribution >= 4 is 11.7 Å². The second-order valence-corrected chi connectivity index (χ2v) is 3.98. The molecule has 7 heteroatoms. The molecule has 0 radical (unpaired) electrons. The molecule has 1 heterocycles. The van der Waals surface area contributed by atoms with E-state index in [1.54, 1.807) is 6.92 Å². The molecule has 0 aliphatic rings. The van der Waals surface area contributed by atoms with E-state index in [-0.39, 0.29) is 17.0 Å². The maximum atomic E-state index is 11.0. The summed E-state index contributed by atoms with van der Waals surface area (Å²) in [7, 11) is 0. The number of aromatic carboxylic acids is 1. The van der Waals surface area contributed by atoms with Crippen molar-refractivity contribution in [3.05, 3.63) is 57.9 Å². The van der Waals surface area contributed by atoms with Crippen molar-refractivity contribution in [1.29, 1.82) is 0 Å². The Morgan fingerprint density at radius 1 is 1.40 bits per heavy atom. The Labute approximate surface area is 113 Å². The van der Waals surface area contributed by atoms with Crippen LogP contribution < -0.4 is 4.74 Å². The molecule has 0 saturated carbocycles. The molecule has 0 amide bonds. The Kier molecular flexibility index (Phi) is 3.60. The number of nitro groups is 1. The maximum Gasteiger partial charge on any atom is 0.341 e. The largest absolute Gasteiger partial charge is 0.477 e. The molecule has 1 aromatic carbocycles. The molecule has 7 nitrogen and oxygen atoms in total. The van der Waals surface area contributed by atoms with E-state index < -0.39 is 10.9 Å². The molecule has 0 aliphatic carbocycles. The van der Waals surface area contributed by atoms with Gasteiger partial charge in [-0.3, -0.25) is 15.1 Å². The van der Waals surface area contributed by atoms with Gasteiger partial charge < -0.3 is 9.84 Å². The summed E-state index contributed by atoms with van der Waals surface area (Å²) >= 11 is 0. The van der Waals surface area contributed by atoms with Gasteiger partial charge in [0.2, 0.25) is 0 Å². The Bertz CT molecular complexity index is 684. The first kappa shape index (κ1) is 13.5. The fourth-order valence-electron chi connectivity index (χ4n) is 1.65. The molecular formula is C13H10N2O5. The van der Waals surface area contributed by atoms with Gasteiger partial charge in [-0.25, -0.2) is 4.79 Å². The second-order valence-electron chi connectivity index (χ2n) is 3.98. The van der Waals surface area contributed by atoms with Crippen molar-refractivity contribution in [2.24, 2.45) is 0 Å². The van der Waals surface area contributed by atoms with E-state index in [0.717, 1.165) is 0 Å². The third-order valence-electron chi connectivity index (χ3n) is 2.60. The molecule has 102 valence electrons. The van der Waals surface area contributed by atoms with Crippen molar-refractivity contribution in [2.45, 2.75) is 6.92 Å². The van der Waals surface area contributed by atoms with Crippen LogP contribution in [-0.4, -0.2) is 21.0 Å². The normalized spacial score (nSPS) is 10.1. The standard InChI is InChI=1S/C13H10N2O5/c1-8-6-9(2-3-11(8)15(18)19)20-12-4-5-14-7-10(12)13(16)17/h2-7H,1H3,(H,16,17). The van der Waals surface area contributed by atoms with Gasteiger partial charge in [0.05, 0.1) is 4.92 Å². The molecule has 1 aromatic heterocycles. The van der Waals surface area contributed by atoms with Gasteiger partial charge in [-0.2, -0.15) is 0 Å². The molecule has 0 atom stereocenters. The highest BCUT2D eigenvalue weighted by atomic mass is 16.6. The molecule has 20 heavy (non-hydrogen) atoms. The fourth-order valence-corrected chi connectivity index (χ4v) is 1.65. The number of hydrogen-bond acceptors (Lipinski definition) is 5. The number of nitro benzene ring substituents is 1. The molecule has 0 saturated heterocycles. The number of ether oxygens (including phenoxy) is 1. The Morgan fingerprint density at radius 2 is 2.15 bits per heavy atom. The minimum absolute atomic E-state index is 0.0227. The van der Waals surface area contributed by atoms with Crippen LogP contribution in [-0.2, 0) is 0 Å². The quantitative estimate of drug-likeness (QED) is 0.679. The number of aromatic nitrogens is 1. The lowest BCUT2D eigenvalue weighted by Crippen LogP contribution is -2.01. The van der Waals surface area contributed by atoms with E-state index in [0.29, 0.717) is 11.3 Å². The van der Waals surface area contributed by atoms with Crippen LogP contribution in [0.25, 0.3) is 0 Å². The number of carbonyl (C=O) groups is 1. The molecule has 0 fully saturated rings. The van der Waals surface area contributed by atoms with Crippen molar-refractivity contribution in [2.75, 3.05) is 0 Å². The van der Waals surface area contributed by atoms with Crippen molar-refractivity contribution in [3.63, 3.8) is 0 Å². The van der Waals surface area contributed by atoms with Crippen LogP contribution in [0.4, 0.5) is 5.69 Å². The first-order valence-corrected chi connectivity index (χ1v) is 5.59. The van der Waals surface area contributed by atoms with Crippen LogP contribution in [0.1, 0.15) is 15.9 Å². The number of benzene rings is 1. The summed E-state index contributed by atoms with van der Waals surface area (Å²) in [5.74, 6) is -0.714. The highest BCUT2D eigenvalue weighted by molar-refractivity contribution is 5.90. The molecule has 0 unspecified atom stereocenters. The number of nitrogens with zero attached hydrogens (tertiary/aromatic N) is 2. The van der Waals surface area contributed by atoms with Crippen LogP contribution >= 0.6 is 0 Å². The summed E-state index contributed by atoms with van der Waals surface area (Å²) in [6.07, 6.45) is 2.58. The summed E-state index contributed by atoms with van der Waals surface area (Å²) in [5, 5.41) is 19.7. The molecular weight excluding hydrogens is 264 g/mol. The number of carboxylic acids is 1. The first-order chi connectivity index (χ1) is 9.49. The molecule has 2 rings (SSSR count). The second kappa shape index (κ2) is 5.35. The van der Waals surface area contributed by atoms with Gasteiger partial charge in [0, 0.05) is 30.1 Å². The minimum atomic E-state index is -1.16. The third-order valence-corrected chi connectivity index (χ3v) is 2.60. The van der Waals surface area contributed by atoms with E-state index in [4.69, 9.17) is 9.84 Å². The lowest BCUT2D eigenvalue weighted by Gasteiger charge is -2.08. The molecule has 1 N–H and O–H groups in total. The number of hydrogen-bond donors (Lipinski definition) is 1. The van der Waals surface area contributed by atoms with Gasteiger partial charge >= 0.3 is 5.97 Å². The highest BCUT2D eigenvalue weighted by Gasteiger charge is 2.14. The van der Waals surface area contributed by atoms with Crippen LogP contribution in [0.3, 0.4) is 0 Å². The molecule has 0 spiro atoms. The first-order valence-electron chi connectivity index (χ1n) is 5.59. The zero-order valence-electron chi connectivity index (χ0n) is 10.4. The number of pyridine rings is 1. The SMILES string of the molecule is Cc1cc(Oc2ccncc2C(=O)O)ccc1[N+](=O)[O-]. The minimum Gasteiger partial charge on any atom is -0.477 e. The van der Waals surface area contributed by atoms with Crippen LogP contribution in [0.15, 0.2) is 36.7 Å². The van der Waals surface area contributed by atoms with E-state index in [1.807, 2.05) is 0 Å². The van der Waals surface area contributed by atoms with Gasteiger partial charge in [-0.05, 0) is 19.1 Å². The van der Waals surface area contributed by atoms with E-state index >= 15 is 0 Å². The van der Waals surface area contributed by atoms with Crippen molar-refractivity contribution < 1.29 is 19.6 Å². The van der Waals surface area contributed by atoms with E-state index in [9.17, 15) is 14.9 Å². The van der Waals surface area contributed by atoms with Gasteiger partial charge in [-0.15, -0.1) is 0 Å². The lowest BCUT2D eigenvalue weighted by molar-refractivity contribution is -0.385. The fraction of sp³-hybridized carbons (Fsp3) is 0.0769. The predicted molar refractivity (Wildman–Crippen MR) is 69.1 cm³/mol. The number of aryl methyl sites for hydroxylation is 1. The summed E-state index contributed by atoms with van der Waals surface area (Å²) in [6.45, 7) is 1.58. The summed E-state index contributed by atoms with van der Waals surface area (Å²) in [5.41, 5.74) is 0.326. The molecule has 0 aliphatic heterocycles. The average molecular weight is 274 g/mol. The number of carboxylic acid groups (broad SMARTS) is 1. The summed E-state index contributed by atoms with van der Waals surface area (Å²) in [4.78, 5) is 24.9. The lowest BCUT2D eigenvalue weighted by atomic mass is 10.2. The molecule has 0 bridgehead atoms. The van der Waals surface area contributed by atoms with Gasteiger partial charge in [0.1, 0.15) is 17.1 Å². The third kappa shape index (κ3) is 2.72. The van der Waals surface area contributed by atoms with E-state index in [2.05, 4.69) is 4.98 Å². The highest BCUT2D eigenvalue weighted by Crippen LogP contribution is 2.28. The van der Waals surface area contributed by atoms with Crippen LogP contribution in [0.5, 0.6) is 11.5 Å². The van der Waals surface area contributed by atoms with Crippen molar-refractivity contribution in [1.82, 2.24) is 4.98 Å². The monoisotopic (exact) mass is 274 g/mol. The number of rotatable bonds is 4. The summed E-state index contributed by atoms with van der Waals surface area (Å²) in [6, 6.07) is 5.62. The van der Waals surface area contributed by atoms with Gasteiger partial charge in [0.15, 0.2) is 0 Å².